The molecule has 1 aliphatic heterocycles. The molecule has 1 aromatic carbocycles. The summed E-state index contributed by atoms with van der Waals surface area (Å²) in [6.45, 7) is 0.674. The molecule has 104 valence electrons. The van der Waals surface area contributed by atoms with E-state index in [-0.39, 0.29) is 16.8 Å². The van der Waals surface area contributed by atoms with E-state index < -0.39 is 10.0 Å². The molecule has 7 heteroatoms. The molecule has 0 radical (unpaired) electrons. The van der Waals surface area contributed by atoms with Crippen LogP contribution in [0.1, 0.15) is 12.8 Å². The van der Waals surface area contributed by atoms with Crippen molar-refractivity contribution < 1.29 is 13.2 Å². The van der Waals surface area contributed by atoms with Crippen molar-refractivity contribution in [1.29, 1.82) is 0 Å². The zero-order valence-electron chi connectivity index (χ0n) is 10.6. The van der Waals surface area contributed by atoms with Crippen LogP contribution in [-0.2, 0) is 14.8 Å². The third-order valence-electron chi connectivity index (χ3n) is 3.06. The summed E-state index contributed by atoms with van der Waals surface area (Å²) in [6.07, 6.45) is 1.57. The summed E-state index contributed by atoms with van der Waals surface area (Å²) >= 11 is 0. The third-order valence-corrected chi connectivity index (χ3v) is 4.53. The quantitative estimate of drug-likeness (QED) is 0.741. The average molecular weight is 283 g/mol. The summed E-state index contributed by atoms with van der Waals surface area (Å²) in [6, 6.07) is 6.16. The normalized spacial score (nSPS) is 19.8. The SMILES string of the molecule is CNS(=O)(=O)c1ccccc1NC1CCCNC1=O. The Hall–Kier alpha value is -1.60. The Labute approximate surface area is 112 Å². The van der Waals surface area contributed by atoms with Crippen molar-refractivity contribution in [2.45, 2.75) is 23.8 Å². The second-order valence-electron chi connectivity index (χ2n) is 4.33. The smallest absolute Gasteiger partial charge is 0.242 e. The van der Waals surface area contributed by atoms with Gasteiger partial charge in [-0.1, -0.05) is 12.1 Å². The minimum Gasteiger partial charge on any atom is -0.373 e. The first kappa shape index (κ1) is 13.8. The molecular weight excluding hydrogens is 266 g/mol. The van der Waals surface area contributed by atoms with E-state index in [1.54, 1.807) is 18.2 Å². The van der Waals surface area contributed by atoms with Gasteiger partial charge in [0.2, 0.25) is 15.9 Å². The lowest BCUT2D eigenvalue weighted by atomic mass is 10.1. The van der Waals surface area contributed by atoms with Crippen LogP contribution in [0.4, 0.5) is 5.69 Å². The Morgan fingerprint density at radius 2 is 2.05 bits per heavy atom. The zero-order chi connectivity index (χ0) is 13.9. The molecule has 19 heavy (non-hydrogen) atoms. The first-order valence-corrected chi connectivity index (χ1v) is 7.60. The number of piperidine rings is 1. The predicted octanol–water partition coefficient (Wildman–Crippen LogP) is 0.285. The summed E-state index contributed by atoms with van der Waals surface area (Å²) in [5, 5.41) is 5.77. The van der Waals surface area contributed by atoms with E-state index in [0.29, 0.717) is 18.7 Å². The number of amides is 1. The molecule has 0 aliphatic carbocycles. The lowest BCUT2D eigenvalue weighted by Crippen LogP contribution is -2.44. The number of carbonyl (C=O) groups excluding carboxylic acids is 1. The summed E-state index contributed by atoms with van der Waals surface area (Å²) in [7, 11) is -2.18. The molecule has 0 aromatic heterocycles. The van der Waals surface area contributed by atoms with Crippen molar-refractivity contribution in [2.75, 3.05) is 18.9 Å². The molecule has 1 saturated heterocycles. The summed E-state index contributed by atoms with van der Waals surface area (Å²) < 4.78 is 26.1. The molecule has 0 saturated carbocycles. The minimum atomic E-state index is -3.54. The number of hydrogen-bond acceptors (Lipinski definition) is 4. The summed E-state index contributed by atoms with van der Waals surface area (Å²) in [5.41, 5.74) is 0.443. The highest BCUT2D eigenvalue weighted by atomic mass is 32.2. The second kappa shape index (κ2) is 5.58. The van der Waals surface area contributed by atoms with Crippen molar-refractivity contribution in [3.63, 3.8) is 0 Å². The number of hydrogen-bond donors (Lipinski definition) is 3. The largest absolute Gasteiger partial charge is 0.373 e. The van der Waals surface area contributed by atoms with Crippen molar-refractivity contribution in [2.24, 2.45) is 0 Å². The van der Waals surface area contributed by atoms with Gasteiger partial charge in [0, 0.05) is 6.54 Å². The number of rotatable bonds is 4. The van der Waals surface area contributed by atoms with Gasteiger partial charge in [0.25, 0.3) is 0 Å². The number of para-hydroxylation sites is 1. The van der Waals surface area contributed by atoms with Crippen LogP contribution >= 0.6 is 0 Å². The number of carbonyl (C=O) groups is 1. The van der Waals surface area contributed by atoms with E-state index in [9.17, 15) is 13.2 Å². The fourth-order valence-electron chi connectivity index (χ4n) is 2.03. The Morgan fingerprint density at radius 1 is 1.32 bits per heavy atom. The first-order chi connectivity index (χ1) is 9.04. The van der Waals surface area contributed by atoms with Crippen molar-refractivity contribution >= 4 is 21.6 Å². The van der Waals surface area contributed by atoms with Crippen molar-refractivity contribution in [3.8, 4) is 0 Å². The second-order valence-corrected chi connectivity index (χ2v) is 6.19. The summed E-state index contributed by atoms with van der Waals surface area (Å²) in [4.78, 5) is 11.8. The molecule has 3 N–H and O–H groups in total. The van der Waals surface area contributed by atoms with Gasteiger partial charge in [0.05, 0.1) is 5.69 Å². The fourth-order valence-corrected chi connectivity index (χ4v) is 2.92. The number of anilines is 1. The van der Waals surface area contributed by atoms with Crippen molar-refractivity contribution in [3.05, 3.63) is 24.3 Å². The molecule has 1 amide bonds. The van der Waals surface area contributed by atoms with Gasteiger partial charge in [-0.3, -0.25) is 4.79 Å². The van der Waals surface area contributed by atoms with E-state index in [2.05, 4.69) is 15.4 Å². The van der Waals surface area contributed by atoms with Gasteiger partial charge in [0.15, 0.2) is 0 Å². The van der Waals surface area contributed by atoms with Gasteiger partial charge in [0.1, 0.15) is 10.9 Å². The topological polar surface area (TPSA) is 87.3 Å². The molecule has 1 atom stereocenters. The highest BCUT2D eigenvalue weighted by Crippen LogP contribution is 2.22. The molecular formula is C12H17N3O3S. The lowest BCUT2D eigenvalue weighted by Gasteiger charge is -2.24. The molecule has 1 heterocycles. The Morgan fingerprint density at radius 3 is 2.74 bits per heavy atom. The lowest BCUT2D eigenvalue weighted by molar-refractivity contribution is -0.123. The monoisotopic (exact) mass is 283 g/mol. The highest BCUT2D eigenvalue weighted by molar-refractivity contribution is 7.89. The average Bonchev–Trinajstić information content (AvgIpc) is 2.42. The highest BCUT2D eigenvalue weighted by Gasteiger charge is 2.24. The Kier molecular flexibility index (Phi) is 4.06. The van der Waals surface area contributed by atoms with Gasteiger partial charge in [-0.2, -0.15) is 0 Å². The van der Waals surface area contributed by atoms with Crippen LogP contribution in [0.2, 0.25) is 0 Å². The van der Waals surface area contributed by atoms with Crippen molar-refractivity contribution in [1.82, 2.24) is 10.0 Å². The van der Waals surface area contributed by atoms with E-state index in [1.165, 1.54) is 13.1 Å². The fraction of sp³-hybridized carbons (Fsp3) is 0.417. The van der Waals surface area contributed by atoms with E-state index >= 15 is 0 Å². The maximum atomic E-state index is 11.9. The third kappa shape index (κ3) is 3.05. The number of sulfonamides is 1. The molecule has 0 spiro atoms. The maximum Gasteiger partial charge on any atom is 0.242 e. The Bertz CT molecular complexity index is 571. The van der Waals surface area contributed by atoms with E-state index in [4.69, 9.17) is 0 Å². The molecule has 2 rings (SSSR count). The van der Waals surface area contributed by atoms with Crippen LogP contribution in [0.5, 0.6) is 0 Å². The van der Waals surface area contributed by atoms with Crippen LogP contribution in [-0.4, -0.2) is 34.0 Å². The zero-order valence-corrected chi connectivity index (χ0v) is 11.5. The number of nitrogens with one attached hydrogen (secondary N) is 3. The van der Waals surface area contributed by atoms with Gasteiger partial charge in [-0.05, 0) is 32.0 Å². The molecule has 0 bridgehead atoms. The van der Waals surface area contributed by atoms with Crippen LogP contribution < -0.4 is 15.4 Å². The molecule has 1 fully saturated rings. The van der Waals surface area contributed by atoms with E-state index in [0.717, 1.165) is 6.42 Å². The van der Waals surface area contributed by atoms with Crippen LogP contribution in [0.25, 0.3) is 0 Å². The van der Waals surface area contributed by atoms with Crippen LogP contribution in [0, 0.1) is 0 Å². The molecule has 1 aliphatic rings. The molecule has 1 aromatic rings. The van der Waals surface area contributed by atoms with E-state index in [1.807, 2.05) is 0 Å². The first-order valence-electron chi connectivity index (χ1n) is 6.11. The Balaban J connectivity index is 2.28. The standard InChI is InChI=1S/C12H17N3O3S/c1-13-19(17,18)11-7-3-2-5-9(11)15-10-6-4-8-14-12(10)16/h2-3,5,7,10,13,15H,4,6,8H2,1H3,(H,14,16). The van der Waals surface area contributed by atoms with Gasteiger partial charge in [-0.15, -0.1) is 0 Å². The number of benzene rings is 1. The van der Waals surface area contributed by atoms with Gasteiger partial charge in [-0.25, -0.2) is 13.1 Å². The van der Waals surface area contributed by atoms with Crippen LogP contribution in [0.3, 0.4) is 0 Å². The van der Waals surface area contributed by atoms with Crippen LogP contribution in [0.15, 0.2) is 29.2 Å². The van der Waals surface area contributed by atoms with Gasteiger partial charge >= 0.3 is 0 Å². The summed E-state index contributed by atoms with van der Waals surface area (Å²) in [5.74, 6) is -0.0945. The maximum absolute atomic E-state index is 11.9. The molecule has 1 unspecified atom stereocenters. The molecule has 6 nitrogen and oxygen atoms in total. The predicted molar refractivity (Wildman–Crippen MR) is 72.3 cm³/mol. The van der Waals surface area contributed by atoms with Gasteiger partial charge < -0.3 is 10.6 Å². The minimum absolute atomic E-state index is 0.0945.